The Balaban J connectivity index is 2.71. The Morgan fingerprint density at radius 2 is 1.82 bits per heavy atom. The minimum absolute atomic E-state index is 0.521. The first kappa shape index (κ1) is 14.2. The summed E-state index contributed by atoms with van der Waals surface area (Å²) in [7, 11) is 0. The SMILES string of the molecule is Cc1nn(CCC(C)C)c(C)c1CNC(C)C. The quantitative estimate of drug-likeness (QED) is 0.824. The zero-order valence-corrected chi connectivity index (χ0v) is 12.2. The van der Waals surface area contributed by atoms with Gasteiger partial charge in [0.2, 0.25) is 0 Å². The maximum absolute atomic E-state index is 4.64. The lowest BCUT2D eigenvalue weighted by molar-refractivity contribution is 0.478. The summed E-state index contributed by atoms with van der Waals surface area (Å²) in [6, 6.07) is 0.521. The Hall–Kier alpha value is -0.830. The summed E-state index contributed by atoms with van der Waals surface area (Å²) in [6.07, 6.45) is 1.19. The van der Waals surface area contributed by atoms with Crippen molar-refractivity contribution in [3.63, 3.8) is 0 Å². The van der Waals surface area contributed by atoms with Gasteiger partial charge in [0.1, 0.15) is 0 Å². The molecule has 3 nitrogen and oxygen atoms in total. The van der Waals surface area contributed by atoms with Gasteiger partial charge in [0.15, 0.2) is 0 Å². The van der Waals surface area contributed by atoms with E-state index < -0.39 is 0 Å². The van der Waals surface area contributed by atoms with Crippen molar-refractivity contribution in [1.82, 2.24) is 15.1 Å². The predicted octanol–water partition coefficient (Wildman–Crippen LogP) is 3.04. The molecular weight excluding hydrogens is 210 g/mol. The molecule has 0 radical (unpaired) electrons. The van der Waals surface area contributed by atoms with Gasteiger partial charge in [-0.2, -0.15) is 5.10 Å². The van der Waals surface area contributed by atoms with Gasteiger partial charge in [-0.05, 0) is 26.2 Å². The van der Waals surface area contributed by atoms with E-state index in [0.29, 0.717) is 6.04 Å². The first-order valence-corrected chi connectivity index (χ1v) is 6.68. The van der Waals surface area contributed by atoms with Crippen molar-refractivity contribution in [2.75, 3.05) is 0 Å². The lowest BCUT2D eigenvalue weighted by atomic mass is 10.1. The first-order valence-electron chi connectivity index (χ1n) is 6.68. The highest BCUT2D eigenvalue weighted by molar-refractivity contribution is 5.24. The van der Waals surface area contributed by atoms with Gasteiger partial charge in [-0.15, -0.1) is 0 Å². The fourth-order valence-corrected chi connectivity index (χ4v) is 1.89. The van der Waals surface area contributed by atoms with Crippen LogP contribution in [0, 0.1) is 19.8 Å². The van der Waals surface area contributed by atoms with Crippen molar-refractivity contribution in [2.24, 2.45) is 5.92 Å². The van der Waals surface area contributed by atoms with Gasteiger partial charge >= 0.3 is 0 Å². The highest BCUT2D eigenvalue weighted by Gasteiger charge is 2.11. The molecule has 1 heterocycles. The highest BCUT2D eigenvalue weighted by Crippen LogP contribution is 2.14. The summed E-state index contributed by atoms with van der Waals surface area (Å²) in [5.74, 6) is 0.733. The average molecular weight is 237 g/mol. The highest BCUT2D eigenvalue weighted by atomic mass is 15.3. The van der Waals surface area contributed by atoms with Crippen LogP contribution in [0.25, 0.3) is 0 Å². The van der Waals surface area contributed by atoms with E-state index in [1.165, 1.54) is 23.4 Å². The first-order chi connectivity index (χ1) is 7.91. The zero-order chi connectivity index (χ0) is 13.0. The summed E-state index contributed by atoms with van der Waals surface area (Å²) in [5.41, 5.74) is 3.85. The summed E-state index contributed by atoms with van der Waals surface area (Å²) < 4.78 is 2.16. The van der Waals surface area contributed by atoms with Crippen LogP contribution in [-0.2, 0) is 13.1 Å². The van der Waals surface area contributed by atoms with Crippen LogP contribution in [-0.4, -0.2) is 15.8 Å². The fourth-order valence-electron chi connectivity index (χ4n) is 1.89. The fraction of sp³-hybridized carbons (Fsp3) is 0.786. The van der Waals surface area contributed by atoms with Crippen LogP contribution in [0.3, 0.4) is 0 Å². The van der Waals surface area contributed by atoms with Crippen LogP contribution in [0.2, 0.25) is 0 Å². The van der Waals surface area contributed by atoms with Gasteiger partial charge in [0.05, 0.1) is 5.69 Å². The molecule has 0 saturated carbocycles. The Bertz CT molecular complexity index is 351. The largest absolute Gasteiger partial charge is 0.310 e. The van der Waals surface area contributed by atoms with Gasteiger partial charge < -0.3 is 5.32 Å². The van der Waals surface area contributed by atoms with Gasteiger partial charge in [0, 0.05) is 30.4 Å². The molecule has 0 aliphatic rings. The average Bonchev–Trinajstić information content (AvgIpc) is 2.48. The molecule has 0 bridgehead atoms. The summed E-state index contributed by atoms with van der Waals surface area (Å²) in [4.78, 5) is 0. The summed E-state index contributed by atoms with van der Waals surface area (Å²) in [6.45, 7) is 15.1. The van der Waals surface area contributed by atoms with Gasteiger partial charge in [-0.3, -0.25) is 4.68 Å². The van der Waals surface area contributed by atoms with Crippen LogP contribution in [0.15, 0.2) is 0 Å². The second-order valence-corrected chi connectivity index (χ2v) is 5.59. The Kier molecular flexibility index (Phi) is 5.19. The van der Waals surface area contributed by atoms with E-state index in [-0.39, 0.29) is 0 Å². The molecule has 0 unspecified atom stereocenters. The predicted molar refractivity (Wildman–Crippen MR) is 73.1 cm³/mol. The minimum atomic E-state index is 0.521. The number of nitrogens with zero attached hydrogens (tertiary/aromatic N) is 2. The van der Waals surface area contributed by atoms with E-state index in [1.807, 2.05) is 0 Å². The molecular formula is C14H27N3. The third-order valence-corrected chi connectivity index (χ3v) is 3.14. The minimum Gasteiger partial charge on any atom is -0.310 e. The van der Waals surface area contributed by atoms with E-state index in [9.17, 15) is 0 Å². The normalized spacial score (nSPS) is 11.8. The molecule has 98 valence electrons. The molecule has 1 N–H and O–H groups in total. The molecule has 0 amide bonds. The number of aromatic nitrogens is 2. The third kappa shape index (κ3) is 4.15. The van der Waals surface area contributed by atoms with Gasteiger partial charge in [-0.25, -0.2) is 0 Å². The lowest BCUT2D eigenvalue weighted by Gasteiger charge is -2.09. The van der Waals surface area contributed by atoms with Crippen molar-refractivity contribution < 1.29 is 0 Å². The topological polar surface area (TPSA) is 29.9 Å². The number of nitrogens with one attached hydrogen (secondary N) is 1. The second kappa shape index (κ2) is 6.20. The Labute approximate surface area is 106 Å². The van der Waals surface area contributed by atoms with E-state index in [0.717, 1.165) is 19.0 Å². The number of hydrogen-bond donors (Lipinski definition) is 1. The molecule has 1 rings (SSSR count). The monoisotopic (exact) mass is 237 g/mol. The summed E-state index contributed by atoms with van der Waals surface area (Å²) in [5, 5.41) is 8.11. The maximum Gasteiger partial charge on any atom is 0.0641 e. The third-order valence-electron chi connectivity index (χ3n) is 3.14. The molecule has 0 aliphatic heterocycles. The molecule has 0 aromatic carbocycles. The van der Waals surface area contributed by atoms with Crippen LogP contribution in [0.5, 0.6) is 0 Å². The zero-order valence-electron chi connectivity index (χ0n) is 12.2. The number of rotatable bonds is 6. The molecule has 1 aromatic rings. The smallest absolute Gasteiger partial charge is 0.0641 e. The van der Waals surface area contributed by atoms with Crippen molar-refractivity contribution in [3.8, 4) is 0 Å². The van der Waals surface area contributed by atoms with Crippen molar-refractivity contribution >= 4 is 0 Å². The molecule has 0 saturated heterocycles. The number of aryl methyl sites for hydroxylation is 2. The molecule has 0 spiro atoms. The molecule has 0 fully saturated rings. The van der Waals surface area contributed by atoms with Crippen molar-refractivity contribution in [2.45, 2.75) is 67.1 Å². The molecule has 3 heteroatoms. The maximum atomic E-state index is 4.64. The Morgan fingerprint density at radius 1 is 1.18 bits per heavy atom. The van der Waals surface area contributed by atoms with Crippen LogP contribution < -0.4 is 5.32 Å². The van der Waals surface area contributed by atoms with E-state index >= 15 is 0 Å². The van der Waals surface area contributed by atoms with E-state index in [2.05, 4.69) is 56.6 Å². The van der Waals surface area contributed by atoms with Crippen LogP contribution in [0.1, 0.15) is 51.1 Å². The van der Waals surface area contributed by atoms with Gasteiger partial charge in [-0.1, -0.05) is 27.7 Å². The van der Waals surface area contributed by atoms with Crippen LogP contribution in [0.4, 0.5) is 0 Å². The summed E-state index contributed by atoms with van der Waals surface area (Å²) >= 11 is 0. The standard InChI is InChI=1S/C14H27N3/c1-10(2)7-8-17-13(6)14(12(5)16-17)9-15-11(3)4/h10-11,15H,7-9H2,1-6H3. The molecule has 1 aromatic heterocycles. The van der Waals surface area contributed by atoms with E-state index in [1.54, 1.807) is 0 Å². The van der Waals surface area contributed by atoms with Crippen molar-refractivity contribution in [1.29, 1.82) is 0 Å². The number of hydrogen-bond acceptors (Lipinski definition) is 2. The molecule has 17 heavy (non-hydrogen) atoms. The van der Waals surface area contributed by atoms with Crippen molar-refractivity contribution in [3.05, 3.63) is 17.0 Å². The van der Waals surface area contributed by atoms with Crippen LogP contribution >= 0.6 is 0 Å². The second-order valence-electron chi connectivity index (χ2n) is 5.59. The molecule has 0 aliphatic carbocycles. The Morgan fingerprint density at radius 3 is 2.35 bits per heavy atom. The van der Waals surface area contributed by atoms with Gasteiger partial charge in [0.25, 0.3) is 0 Å². The molecule has 0 atom stereocenters. The lowest BCUT2D eigenvalue weighted by Crippen LogP contribution is -2.22. The van der Waals surface area contributed by atoms with E-state index in [4.69, 9.17) is 0 Å².